The normalized spacial score (nSPS) is 23.4. The largest absolute Gasteiger partial charge is 0.468 e. The van der Waals surface area contributed by atoms with E-state index < -0.39 is 10.2 Å². The third-order valence-electron chi connectivity index (χ3n) is 3.45. The number of nitrogens with one attached hydrogen (secondary N) is 1. The van der Waals surface area contributed by atoms with Crippen LogP contribution in [0.1, 0.15) is 38.0 Å². The molecule has 0 aromatic carbocycles. The van der Waals surface area contributed by atoms with E-state index in [9.17, 15) is 8.42 Å². The maximum Gasteiger partial charge on any atom is 0.280 e. The minimum atomic E-state index is -3.53. The van der Waals surface area contributed by atoms with Gasteiger partial charge in [0, 0.05) is 19.1 Å². The first-order valence-electron chi connectivity index (χ1n) is 6.57. The Hall–Kier alpha value is -0.890. The van der Waals surface area contributed by atoms with Gasteiger partial charge < -0.3 is 10.2 Å². The monoisotopic (exact) mass is 287 g/mol. The van der Waals surface area contributed by atoms with Gasteiger partial charge in [-0.05, 0) is 31.9 Å². The quantitative estimate of drug-likeness (QED) is 0.845. The van der Waals surface area contributed by atoms with Gasteiger partial charge in [-0.1, -0.05) is 6.42 Å². The highest BCUT2D eigenvalue weighted by molar-refractivity contribution is 7.87. The molecule has 6 nitrogen and oxygen atoms in total. The zero-order chi connectivity index (χ0) is 13.9. The average Bonchev–Trinajstić information content (AvgIpc) is 2.92. The molecule has 19 heavy (non-hydrogen) atoms. The van der Waals surface area contributed by atoms with Gasteiger partial charge in [0.1, 0.15) is 5.76 Å². The van der Waals surface area contributed by atoms with Gasteiger partial charge in [-0.2, -0.15) is 17.4 Å². The van der Waals surface area contributed by atoms with Crippen molar-refractivity contribution >= 4 is 10.2 Å². The molecule has 7 heteroatoms. The summed E-state index contributed by atoms with van der Waals surface area (Å²) in [7, 11) is -3.53. The van der Waals surface area contributed by atoms with Crippen LogP contribution < -0.4 is 10.5 Å². The Morgan fingerprint density at radius 2 is 2.37 bits per heavy atom. The second-order valence-corrected chi connectivity index (χ2v) is 6.51. The molecule has 0 saturated carbocycles. The lowest BCUT2D eigenvalue weighted by atomic mass is 10.1. The number of nitrogens with two attached hydrogens (primary N) is 1. The van der Waals surface area contributed by atoms with E-state index in [2.05, 4.69) is 4.72 Å². The Balaban J connectivity index is 2.08. The second-order valence-electron chi connectivity index (χ2n) is 4.86. The Morgan fingerprint density at radius 3 is 3.00 bits per heavy atom. The van der Waals surface area contributed by atoms with Gasteiger partial charge in [-0.3, -0.25) is 0 Å². The zero-order valence-corrected chi connectivity index (χ0v) is 11.9. The highest BCUT2D eigenvalue weighted by Crippen LogP contribution is 2.21. The van der Waals surface area contributed by atoms with E-state index in [0.717, 1.165) is 19.3 Å². The van der Waals surface area contributed by atoms with E-state index >= 15 is 0 Å². The van der Waals surface area contributed by atoms with Crippen LogP contribution in [0.2, 0.25) is 0 Å². The Labute approximate surface area is 114 Å². The third kappa shape index (κ3) is 3.36. The first-order chi connectivity index (χ1) is 9.04. The maximum atomic E-state index is 12.4. The summed E-state index contributed by atoms with van der Waals surface area (Å²) in [6, 6.07) is 3.00. The number of hydrogen-bond acceptors (Lipinski definition) is 4. The molecule has 3 N–H and O–H groups in total. The molecule has 0 radical (unpaired) electrons. The summed E-state index contributed by atoms with van der Waals surface area (Å²) >= 11 is 0. The van der Waals surface area contributed by atoms with E-state index in [0.29, 0.717) is 18.8 Å². The smallest absolute Gasteiger partial charge is 0.280 e. The van der Waals surface area contributed by atoms with E-state index in [1.165, 1.54) is 10.6 Å². The molecular weight excluding hydrogens is 266 g/mol. The Morgan fingerprint density at radius 1 is 1.58 bits per heavy atom. The van der Waals surface area contributed by atoms with Crippen LogP contribution >= 0.6 is 0 Å². The van der Waals surface area contributed by atoms with Crippen LogP contribution in [0.15, 0.2) is 22.8 Å². The number of rotatable bonds is 5. The molecule has 1 aliphatic rings. The summed E-state index contributed by atoms with van der Waals surface area (Å²) in [6.07, 6.45) is 4.27. The minimum Gasteiger partial charge on any atom is -0.468 e. The predicted molar refractivity (Wildman–Crippen MR) is 72.6 cm³/mol. The molecule has 0 spiro atoms. The maximum absolute atomic E-state index is 12.4. The summed E-state index contributed by atoms with van der Waals surface area (Å²) in [4.78, 5) is 0. The highest BCUT2D eigenvalue weighted by Gasteiger charge is 2.32. The molecule has 0 amide bonds. The lowest BCUT2D eigenvalue weighted by Gasteiger charge is -2.34. The molecule has 1 saturated heterocycles. The van der Waals surface area contributed by atoms with Crippen LogP contribution in [0, 0.1) is 0 Å². The van der Waals surface area contributed by atoms with Crippen LogP contribution in [0.25, 0.3) is 0 Å². The molecular formula is C12H21N3O3S. The lowest BCUT2D eigenvalue weighted by molar-refractivity contribution is 0.252. The van der Waals surface area contributed by atoms with Crippen molar-refractivity contribution < 1.29 is 12.8 Å². The fraction of sp³-hybridized carbons (Fsp3) is 0.667. The van der Waals surface area contributed by atoms with Crippen molar-refractivity contribution in [3.63, 3.8) is 0 Å². The number of piperidine rings is 1. The second kappa shape index (κ2) is 6.04. The Kier molecular flexibility index (Phi) is 4.62. The molecule has 108 valence electrons. The highest BCUT2D eigenvalue weighted by atomic mass is 32.2. The molecule has 2 atom stereocenters. The molecule has 2 rings (SSSR count). The average molecular weight is 287 g/mol. The van der Waals surface area contributed by atoms with Gasteiger partial charge in [-0.15, -0.1) is 0 Å². The standard InChI is InChI=1S/C12H21N3O3S/c1-10(12-6-4-8-18-12)14-19(16,17)15-7-3-2-5-11(15)9-13/h4,6,8,10-11,14H,2-3,5,7,9,13H2,1H3. The van der Waals surface area contributed by atoms with E-state index in [-0.39, 0.29) is 12.1 Å². The van der Waals surface area contributed by atoms with Crippen LogP contribution in [0.4, 0.5) is 0 Å². The summed E-state index contributed by atoms with van der Waals surface area (Å²) in [5.41, 5.74) is 5.66. The third-order valence-corrected chi connectivity index (χ3v) is 5.20. The van der Waals surface area contributed by atoms with Gasteiger partial charge in [0.05, 0.1) is 12.3 Å². The van der Waals surface area contributed by atoms with Crippen molar-refractivity contribution in [2.24, 2.45) is 5.73 Å². The summed E-state index contributed by atoms with van der Waals surface area (Å²) in [5.74, 6) is 0.602. The van der Waals surface area contributed by atoms with Crippen molar-refractivity contribution in [3.05, 3.63) is 24.2 Å². The van der Waals surface area contributed by atoms with Crippen molar-refractivity contribution in [2.75, 3.05) is 13.1 Å². The molecule has 2 heterocycles. The SMILES string of the molecule is CC(NS(=O)(=O)N1CCCCC1CN)c1ccco1. The lowest BCUT2D eigenvalue weighted by Crippen LogP contribution is -2.52. The van der Waals surface area contributed by atoms with Crippen LogP contribution in [-0.4, -0.2) is 31.9 Å². The van der Waals surface area contributed by atoms with E-state index in [1.807, 2.05) is 0 Å². The fourth-order valence-electron chi connectivity index (χ4n) is 2.41. The van der Waals surface area contributed by atoms with Gasteiger partial charge in [0.2, 0.25) is 0 Å². The molecule has 1 fully saturated rings. The molecule has 2 unspecified atom stereocenters. The summed E-state index contributed by atoms with van der Waals surface area (Å²) < 4.78 is 34.1. The van der Waals surface area contributed by atoms with Gasteiger partial charge in [0.25, 0.3) is 10.2 Å². The molecule has 0 bridgehead atoms. The van der Waals surface area contributed by atoms with Gasteiger partial charge in [-0.25, -0.2) is 0 Å². The van der Waals surface area contributed by atoms with Crippen molar-refractivity contribution in [1.82, 2.24) is 9.03 Å². The molecule has 1 aromatic rings. The first-order valence-corrected chi connectivity index (χ1v) is 8.01. The Bertz CT molecular complexity index is 486. The predicted octanol–water partition coefficient (Wildman–Crippen LogP) is 0.988. The zero-order valence-electron chi connectivity index (χ0n) is 11.1. The van der Waals surface area contributed by atoms with Crippen molar-refractivity contribution in [1.29, 1.82) is 0 Å². The number of nitrogens with zero attached hydrogens (tertiary/aromatic N) is 1. The van der Waals surface area contributed by atoms with Gasteiger partial charge >= 0.3 is 0 Å². The summed E-state index contributed by atoms with van der Waals surface area (Å²) in [5, 5.41) is 0. The molecule has 0 aliphatic carbocycles. The minimum absolute atomic E-state index is 0.102. The van der Waals surface area contributed by atoms with Crippen LogP contribution in [-0.2, 0) is 10.2 Å². The fourth-order valence-corrected chi connectivity index (χ4v) is 4.06. The molecule has 1 aliphatic heterocycles. The number of furan rings is 1. The summed E-state index contributed by atoms with van der Waals surface area (Å²) in [6.45, 7) is 2.65. The van der Waals surface area contributed by atoms with Gasteiger partial charge in [0.15, 0.2) is 0 Å². The van der Waals surface area contributed by atoms with Crippen LogP contribution in [0.5, 0.6) is 0 Å². The van der Waals surface area contributed by atoms with Crippen LogP contribution in [0.3, 0.4) is 0 Å². The van der Waals surface area contributed by atoms with Crippen molar-refractivity contribution in [2.45, 2.75) is 38.3 Å². The molecule has 1 aromatic heterocycles. The van der Waals surface area contributed by atoms with Crippen molar-refractivity contribution in [3.8, 4) is 0 Å². The van der Waals surface area contributed by atoms with E-state index in [4.69, 9.17) is 10.2 Å². The van der Waals surface area contributed by atoms with E-state index in [1.54, 1.807) is 19.1 Å². The first kappa shape index (κ1) is 14.5. The number of hydrogen-bond donors (Lipinski definition) is 2. The topological polar surface area (TPSA) is 88.6 Å².